The number of rotatable bonds is 6. The van der Waals surface area contributed by atoms with Crippen molar-refractivity contribution in [3.05, 3.63) is 45.7 Å². The number of aryl methyl sites for hydroxylation is 1. The van der Waals surface area contributed by atoms with Crippen LogP contribution in [0.25, 0.3) is 11.6 Å². The SMILES string of the molecule is O=C(CCc1nc(-c2ncccn2)no1)NCc1ccc(Cl)s1. The van der Waals surface area contributed by atoms with Gasteiger partial charge in [0.1, 0.15) is 0 Å². The first-order chi connectivity index (χ1) is 11.2. The molecule has 0 saturated carbocycles. The second-order valence-electron chi connectivity index (χ2n) is 4.57. The summed E-state index contributed by atoms with van der Waals surface area (Å²) in [5.41, 5.74) is 0. The second kappa shape index (κ2) is 7.30. The third-order valence-electron chi connectivity index (χ3n) is 2.89. The number of carbonyl (C=O) groups is 1. The summed E-state index contributed by atoms with van der Waals surface area (Å²) in [6, 6.07) is 5.40. The van der Waals surface area contributed by atoms with Crippen LogP contribution in [0.15, 0.2) is 35.1 Å². The van der Waals surface area contributed by atoms with E-state index in [1.165, 1.54) is 11.3 Å². The van der Waals surface area contributed by atoms with Gasteiger partial charge in [-0.3, -0.25) is 4.79 Å². The van der Waals surface area contributed by atoms with Crippen molar-refractivity contribution in [2.45, 2.75) is 19.4 Å². The van der Waals surface area contributed by atoms with Crippen LogP contribution in [0.1, 0.15) is 17.2 Å². The van der Waals surface area contributed by atoms with Crippen molar-refractivity contribution < 1.29 is 9.32 Å². The first-order valence-electron chi connectivity index (χ1n) is 6.81. The summed E-state index contributed by atoms with van der Waals surface area (Å²) in [6.07, 6.45) is 3.82. The minimum Gasteiger partial charge on any atom is -0.351 e. The van der Waals surface area contributed by atoms with Crippen molar-refractivity contribution in [1.29, 1.82) is 0 Å². The Labute approximate surface area is 140 Å². The molecule has 0 spiro atoms. The smallest absolute Gasteiger partial charge is 0.240 e. The molecule has 9 heteroatoms. The van der Waals surface area contributed by atoms with Gasteiger partial charge in [0.15, 0.2) is 0 Å². The van der Waals surface area contributed by atoms with Crippen LogP contribution < -0.4 is 5.32 Å². The minimum absolute atomic E-state index is 0.0924. The van der Waals surface area contributed by atoms with E-state index in [-0.39, 0.29) is 12.3 Å². The fourth-order valence-corrected chi connectivity index (χ4v) is 2.83. The zero-order valence-corrected chi connectivity index (χ0v) is 13.5. The summed E-state index contributed by atoms with van der Waals surface area (Å²) in [6.45, 7) is 0.461. The van der Waals surface area contributed by atoms with Crippen LogP contribution in [0.2, 0.25) is 4.34 Å². The van der Waals surface area contributed by atoms with Crippen molar-refractivity contribution in [1.82, 2.24) is 25.4 Å². The van der Waals surface area contributed by atoms with Gasteiger partial charge in [0, 0.05) is 30.1 Å². The maximum absolute atomic E-state index is 11.8. The predicted molar refractivity (Wildman–Crippen MR) is 84.8 cm³/mol. The molecule has 0 atom stereocenters. The molecule has 3 aromatic rings. The van der Waals surface area contributed by atoms with Gasteiger partial charge < -0.3 is 9.84 Å². The van der Waals surface area contributed by atoms with E-state index in [0.29, 0.717) is 34.8 Å². The molecule has 23 heavy (non-hydrogen) atoms. The van der Waals surface area contributed by atoms with Crippen LogP contribution in [0.5, 0.6) is 0 Å². The second-order valence-corrected chi connectivity index (χ2v) is 6.37. The van der Waals surface area contributed by atoms with Crippen LogP contribution in [0.4, 0.5) is 0 Å². The zero-order chi connectivity index (χ0) is 16.1. The lowest BCUT2D eigenvalue weighted by atomic mass is 10.3. The van der Waals surface area contributed by atoms with Gasteiger partial charge in [0.05, 0.1) is 10.9 Å². The number of thiophene rings is 1. The highest BCUT2D eigenvalue weighted by molar-refractivity contribution is 7.16. The fourth-order valence-electron chi connectivity index (χ4n) is 1.80. The van der Waals surface area contributed by atoms with E-state index in [2.05, 4.69) is 25.4 Å². The first kappa shape index (κ1) is 15.6. The molecule has 0 aliphatic carbocycles. The number of aromatic nitrogens is 4. The van der Waals surface area contributed by atoms with Gasteiger partial charge in [-0.15, -0.1) is 11.3 Å². The average Bonchev–Trinajstić information content (AvgIpc) is 3.21. The number of amides is 1. The highest BCUT2D eigenvalue weighted by Gasteiger charge is 2.12. The number of nitrogens with one attached hydrogen (secondary N) is 1. The molecule has 7 nitrogen and oxygen atoms in total. The standard InChI is InChI=1S/C14H12ClN5O2S/c15-10-3-2-9(23-10)8-18-11(21)4-5-12-19-14(20-22-12)13-16-6-1-7-17-13/h1-3,6-7H,4-5,8H2,(H,18,21). The van der Waals surface area contributed by atoms with Crippen LogP contribution in [-0.2, 0) is 17.8 Å². The maximum atomic E-state index is 11.8. The lowest BCUT2D eigenvalue weighted by Gasteiger charge is -2.01. The van der Waals surface area contributed by atoms with E-state index in [1.54, 1.807) is 24.5 Å². The van der Waals surface area contributed by atoms with Crippen molar-refractivity contribution in [2.75, 3.05) is 0 Å². The van der Waals surface area contributed by atoms with E-state index in [1.807, 2.05) is 6.07 Å². The molecular formula is C14H12ClN5O2S. The third-order valence-corrected chi connectivity index (χ3v) is 4.12. The third kappa shape index (κ3) is 4.33. The van der Waals surface area contributed by atoms with Gasteiger partial charge in [-0.05, 0) is 18.2 Å². The highest BCUT2D eigenvalue weighted by atomic mass is 35.5. The maximum Gasteiger partial charge on any atom is 0.240 e. The summed E-state index contributed by atoms with van der Waals surface area (Å²) in [7, 11) is 0. The summed E-state index contributed by atoms with van der Waals surface area (Å²) < 4.78 is 5.80. The van der Waals surface area contributed by atoms with Crippen LogP contribution in [0, 0.1) is 0 Å². The molecule has 3 rings (SSSR count). The lowest BCUT2D eigenvalue weighted by Crippen LogP contribution is -2.22. The number of hydrogen-bond donors (Lipinski definition) is 1. The molecule has 0 saturated heterocycles. The number of nitrogens with zero attached hydrogens (tertiary/aromatic N) is 4. The van der Waals surface area contributed by atoms with Gasteiger partial charge >= 0.3 is 0 Å². The molecule has 118 valence electrons. The molecule has 0 aliphatic heterocycles. The monoisotopic (exact) mass is 349 g/mol. The van der Waals surface area contributed by atoms with Gasteiger partial charge in [-0.25, -0.2) is 9.97 Å². The number of halogens is 1. The van der Waals surface area contributed by atoms with E-state index in [9.17, 15) is 4.79 Å². The number of hydrogen-bond acceptors (Lipinski definition) is 7. The molecule has 0 aromatic carbocycles. The Morgan fingerprint density at radius 2 is 2.09 bits per heavy atom. The van der Waals surface area contributed by atoms with Crippen molar-refractivity contribution in [2.24, 2.45) is 0 Å². The molecular weight excluding hydrogens is 338 g/mol. The Kier molecular flexibility index (Phi) is 4.94. The van der Waals surface area contributed by atoms with Crippen molar-refractivity contribution in [3.8, 4) is 11.6 Å². The summed E-state index contributed by atoms with van der Waals surface area (Å²) in [5.74, 6) is 0.989. The molecule has 1 N–H and O–H groups in total. The summed E-state index contributed by atoms with van der Waals surface area (Å²) >= 11 is 7.28. The van der Waals surface area contributed by atoms with Gasteiger partial charge in [0.25, 0.3) is 0 Å². The average molecular weight is 350 g/mol. The summed E-state index contributed by atoms with van der Waals surface area (Å²) in [5, 5.41) is 6.62. The van der Waals surface area contributed by atoms with E-state index < -0.39 is 0 Å². The molecule has 3 heterocycles. The molecule has 0 bridgehead atoms. The van der Waals surface area contributed by atoms with E-state index in [4.69, 9.17) is 16.1 Å². The van der Waals surface area contributed by atoms with Crippen LogP contribution >= 0.6 is 22.9 Å². The fraction of sp³-hybridized carbons (Fsp3) is 0.214. The van der Waals surface area contributed by atoms with Gasteiger partial charge in [-0.2, -0.15) is 4.98 Å². The molecule has 0 unspecified atom stereocenters. The Balaban J connectivity index is 1.48. The Morgan fingerprint density at radius 1 is 1.26 bits per heavy atom. The van der Waals surface area contributed by atoms with E-state index >= 15 is 0 Å². The molecule has 0 aliphatic rings. The lowest BCUT2D eigenvalue weighted by molar-refractivity contribution is -0.121. The van der Waals surface area contributed by atoms with Crippen molar-refractivity contribution >= 4 is 28.8 Å². The Bertz CT molecular complexity index is 789. The topological polar surface area (TPSA) is 93.8 Å². The summed E-state index contributed by atoms with van der Waals surface area (Å²) in [4.78, 5) is 25.1. The number of carbonyl (C=O) groups excluding carboxylic acids is 1. The van der Waals surface area contributed by atoms with E-state index in [0.717, 1.165) is 4.88 Å². The molecule has 1 amide bonds. The molecule has 3 aromatic heterocycles. The van der Waals surface area contributed by atoms with Gasteiger partial charge in [-0.1, -0.05) is 16.8 Å². The molecule has 0 fully saturated rings. The van der Waals surface area contributed by atoms with Crippen molar-refractivity contribution in [3.63, 3.8) is 0 Å². The normalized spacial score (nSPS) is 10.7. The van der Waals surface area contributed by atoms with Gasteiger partial charge in [0.2, 0.25) is 23.4 Å². The first-order valence-corrected chi connectivity index (χ1v) is 8.01. The van der Waals surface area contributed by atoms with Crippen LogP contribution in [0.3, 0.4) is 0 Å². The Hall–Kier alpha value is -2.32. The Morgan fingerprint density at radius 3 is 2.83 bits per heavy atom. The minimum atomic E-state index is -0.0924. The molecule has 0 radical (unpaired) electrons. The quantitative estimate of drug-likeness (QED) is 0.734. The predicted octanol–water partition coefficient (Wildman–Crippen LogP) is 2.49. The largest absolute Gasteiger partial charge is 0.351 e. The highest BCUT2D eigenvalue weighted by Crippen LogP contribution is 2.21. The van der Waals surface area contributed by atoms with Crippen LogP contribution in [-0.4, -0.2) is 26.0 Å². The zero-order valence-electron chi connectivity index (χ0n) is 11.9.